The van der Waals surface area contributed by atoms with Gasteiger partial charge in [-0.15, -0.1) is 0 Å². The molecule has 0 saturated heterocycles. The van der Waals surface area contributed by atoms with E-state index in [1.54, 1.807) is 12.1 Å². The van der Waals surface area contributed by atoms with Crippen LogP contribution in [0.5, 0.6) is 11.5 Å². The molecule has 150 valence electrons. The minimum absolute atomic E-state index is 0.0443. The summed E-state index contributed by atoms with van der Waals surface area (Å²) < 4.78 is 10.5. The standard InChI is InChI=1S/C19H17ClN4O5/c20-14-4-13(5-15(6-14)28-9-17(22)25)19(27)24-8-12-2-1-11(7-21)3-16(12)29-10-18(23)26/h1-6H,8-10H2,(H2,22,25)(H2,23,26)(H,24,27). The average molecular weight is 417 g/mol. The van der Waals surface area contributed by atoms with Gasteiger partial charge in [0.25, 0.3) is 17.7 Å². The van der Waals surface area contributed by atoms with E-state index in [1.165, 1.54) is 24.3 Å². The second-order valence-electron chi connectivity index (χ2n) is 5.80. The molecule has 0 aliphatic carbocycles. The molecule has 9 nitrogen and oxygen atoms in total. The van der Waals surface area contributed by atoms with Gasteiger partial charge in [-0.3, -0.25) is 14.4 Å². The third-order valence-corrected chi connectivity index (χ3v) is 3.74. The van der Waals surface area contributed by atoms with Crippen molar-refractivity contribution in [1.82, 2.24) is 5.32 Å². The van der Waals surface area contributed by atoms with Crippen LogP contribution >= 0.6 is 11.6 Å². The second-order valence-corrected chi connectivity index (χ2v) is 6.24. The first-order valence-electron chi connectivity index (χ1n) is 8.22. The summed E-state index contributed by atoms with van der Waals surface area (Å²) in [4.78, 5) is 34.3. The number of nitrogens with two attached hydrogens (primary N) is 2. The van der Waals surface area contributed by atoms with Crippen LogP contribution in [-0.2, 0) is 16.1 Å². The lowest BCUT2D eigenvalue weighted by Gasteiger charge is -2.12. The molecule has 2 aromatic carbocycles. The van der Waals surface area contributed by atoms with Gasteiger partial charge in [0, 0.05) is 22.7 Å². The van der Waals surface area contributed by atoms with Crippen molar-refractivity contribution in [1.29, 1.82) is 5.26 Å². The maximum atomic E-state index is 12.5. The first-order chi connectivity index (χ1) is 13.8. The summed E-state index contributed by atoms with van der Waals surface area (Å²) in [6, 6.07) is 10.8. The number of carbonyl (C=O) groups is 3. The van der Waals surface area contributed by atoms with Gasteiger partial charge in [-0.2, -0.15) is 5.26 Å². The number of nitrogens with one attached hydrogen (secondary N) is 1. The van der Waals surface area contributed by atoms with Crippen molar-refractivity contribution in [3.8, 4) is 17.6 Å². The average Bonchev–Trinajstić information content (AvgIpc) is 2.68. The lowest BCUT2D eigenvalue weighted by molar-refractivity contribution is -0.120. The SMILES string of the molecule is N#Cc1ccc(CNC(=O)c2cc(Cl)cc(OCC(N)=O)c2)c(OCC(N)=O)c1. The number of benzene rings is 2. The lowest BCUT2D eigenvalue weighted by atomic mass is 10.1. The van der Waals surface area contributed by atoms with Crippen LogP contribution in [0, 0.1) is 11.3 Å². The summed E-state index contributed by atoms with van der Waals surface area (Å²) in [6.45, 7) is -0.680. The quantitative estimate of drug-likeness (QED) is 0.550. The summed E-state index contributed by atoms with van der Waals surface area (Å²) in [5.41, 5.74) is 11.2. The monoisotopic (exact) mass is 416 g/mol. The number of rotatable bonds is 9. The summed E-state index contributed by atoms with van der Waals surface area (Å²) in [6.07, 6.45) is 0. The van der Waals surface area contributed by atoms with Gasteiger partial charge in [0.15, 0.2) is 13.2 Å². The molecular formula is C19H17ClN4O5. The smallest absolute Gasteiger partial charge is 0.255 e. The van der Waals surface area contributed by atoms with Crippen molar-refractivity contribution in [2.24, 2.45) is 11.5 Å². The van der Waals surface area contributed by atoms with Crippen LogP contribution in [0.15, 0.2) is 36.4 Å². The Morgan fingerprint density at radius 3 is 2.38 bits per heavy atom. The molecule has 0 aliphatic rings. The van der Waals surface area contributed by atoms with E-state index in [1.807, 2.05) is 6.07 Å². The molecule has 5 N–H and O–H groups in total. The van der Waals surface area contributed by atoms with Crippen LogP contribution in [0.3, 0.4) is 0 Å². The van der Waals surface area contributed by atoms with Crippen molar-refractivity contribution in [2.75, 3.05) is 13.2 Å². The van der Waals surface area contributed by atoms with Gasteiger partial charge in [0.05, 0.1) is 11.6 Å². The molecule has 0 saturated carbocycles. The number of primary amides is 2. The van der Waals surface area contributed by atoms with Gasteiger partial charge < -0.3 is 26.3 Å². The Labute approximate surface area is 171 Å². The summed E-state index contributed by atoms with van der Waals surface area (Å²) >= 11 is 5.99. The van der Waals surface area contributed by atoms with Gasteiger partial charge in [0.2, 0.25) is 0 Å². The normalized spacial score (nSPS) is 9.93. The van der Waals surface area contributed by atoms with Gasteiger partial charge in [-0.25, -0.2) is 0 Å². The third-order valence-electron chi connectivity index (χ3n) is 3.52. The number of hydrogen-bond acceptors (Lipinski definition) is 6. The van der Waals surface area contributed by atoms with E-state index in [0.717, 1.165) is 0 Å². The van der Waals surface area contributed by atoms with Gasteiger partial charge in [-0.1, -0.05) is 17.7 Å². The van der Waals surface area contributed by atoms with Gasteiger partial charge >= 0.3 is 0 Å². The first-order valence-corrected chi connectivity index (χ1v) is 8.60. The highest BCUT2D eigenvalue weighted by atomic mass is 35.5. The number of ether oxygens (including phenoxy) is 2. The number of halogens is 1. The van der Waals surface area contributed by atoms with Crippen molar-refractivity contribution in [3.63, 3.8) is 0 Å². The van der Waals surface area contributed by atoms with Crippen molar-refractivity contribution >= 4 is 29.3 Å². The van der Waals surface area contributed by atoms with Crippen molar-refractivity contribution < 1.29 is 23.9 Å². The van der Waals surface area contributed by atoms with E-state index in [2.05, 4.69) is 5.32 Å². The Morgan fingerprint density at radius 1 is 1.03 bits per heavy atom. The lowest BCUT2D eigenvalue weighted by Crippen LogP contribution is -2.24. The van der Waals surface area contributed by atoms with Gasteiger partial charge in [0.1, 0.15) is 11.5 Å². The van der Waals surface area contributed by atoms with Crippen LogP contribution in [-0.4, -0.2) is 30.9 Å². The number of nitrogens with zero attached hydrogens (tertiary/aromatic N) is 1. The van der Waals surface area contributed by atoms with E-state index < -0.39 is 17.7 Å². The van der Waals surface area contributed by atoms with Crippen LogP contribution in [0.1, 0.15) is 21.5 Å². The summed E-state index contributed by atoms with van der Waals surface area (Å²) in [5, 5.41) is 11.9. The molecule has 0 aliphatic heterocycles. The van der Waals surface area contributed by atoms with Crippen LogP contribution in [0.2, 0.25) is 5.02 Å². The van der Waals surface area contributed by atoms with Crippen molar-refractivity contribution in [2.45, 2.75) is 6.54 Å². The molecule has 10 heteroatoms. The minimum Gasteiger partial charge on any atom is -0.484 e. The Bertz CT molecular complexity index is 987. The predicted octanol–water partition coefficient (Wildman–Crippen LogP) is 0.870. The van der Waals surface area contributed by atoms with E-state index in [9.17, 15) is 14.4 Å². The maximum Gasteiger partial charge on any atom is 0.255 e. The van der Waals surface area contributed by atoms with Crippen LogP contribution in [0.4, 0.5) is 0 Å². The molecular weight excluding hydrogens is 400 g/mol. The van der Waals surface area contributed by atoms with E-state index in [-0.39, 0.29) is 41.8 Å². The fourth-order valence-corrected chi connectivity index (χ4v) is 2.49. The van der Waals surface area contributed by atoms with E-state index in [0.29, 0.717) is 11.1 Å². The molecule has 0 aromatic heterocycles. The second kappa shape index (κ2) is 9.96. The zero-order chi connectivity index (χ0) is 21.4. The van der Waals surface area contributed by atoms with Crippen molar-refractivity contribution in [3.05, 3.63) is 58.1 Å². The predicted molar refractivity (Wildman–Crippen MR) is 103 cm³/mol. The highest BCUT2D eigenvalue weighted by molar-refractivity contribution is 6.31. The molecule has 29 heavy (non-hydrogen) atoms. The number of amides is 3. The molecule has 2 rings (SSSR count). The third kappa shape index (κ3) is 6.71. The highest BCUT2D eigenvalue weighted by Gasteiger charge is 2.12. The summed E-state index contributed by atoms with van der Waals surface area (Å²) in [5.74, 6) is -1.35. The number of hydrogen-bond donors (Lipinski definition) is 3. The summed E-state index contributed by atoms with van der Waals surface area (Å²) in [7, 11) is 0. The fraction of sp³-hybridized carbons (Fsp3) is 0.158. The molecule has 0 unspecified atom stereocenters. The van der Waals surface area contributed by atoms with E-state index in [4.69, 9.17) is 37.8 Å². The first kappa shape index (κ1) is 21.5. The zero-order valence-corrected chi connectivity index (χ0v) is 15.9. The zero-order valence-electron chi connectivity index (χ0n) is 15.1. The molecule has 0 radical (unpaired) electrons. The Balaban J connectivity index is 2.13. The Morgan fingerprint density at radius 2 is 1.72 bits per heavy atom. The molecule has 0 heterocycles. The number of carbonyl (C=O) groups excluding carboxylic acids is 3. The van der Waals surface area contributed by atoms with Crippen LogP contribution < -0.4 is 26.3 Å². The van der Waals surface area contributed by atoms with Gasteiger partial charge in [-0.05, 0) is 30.3 Å². The molecule has 0 spiro atoms. The van der Waals surface area contributed by atoms with Crippen LogP contribution in [0.25, 0.3) is 0 Å². The Kier molecular flexibility index (Phi) is 7.40. The fourth-order valence-electron chi connectivity index (χ4n) is 2.26. The minimum atomic E-state index is -0.676. The Hall–Kier alpha value is -3.77. The highest BCUT2D eigenvalue weighted by Crippen LogP contribution is 2.23. The maximum absolute atomic E-state index is 12.5. The molecule has 0 atom stereocenters. The molecule has 0 fully saturated rings. The molecule has 3 amide bonds. The largest absolute Gasteiger partial charge is 0.484 e. The topological polar surface area (TPSA) is 158 Å². The molecule has 0 bridgehead atoms. The molecule has 2 aromatic rings. The number of nitriles is 1. The van der Waals surface area contributed by atoms with E-state index >= 15 is 0 Å².